The normalized spacial score (nSPS) is 14.2. The van der Waals surface area contributed by atoms with Crippen molar-refractivity contribution in [3.63, 3.8) is 0 Å². The van der Waals surface area contributed by atoms with Crippen molar-refractivity contribution >= 4 is 43.0 Å². The van der Waals surface area contributed by atoms with Crippen LogP contribution in [0.3, 0.4) is 0 Å². The van der Waals surface area contributed by atoms with E-state index in [-0.39, 0.29) is 5.92 Å². The Morgan fingerprint density at radius 1 is 0.442 bits per heavy atom. The van der Waals surface area contributed by atoms with Crippen molar-refractivity contribution < 1.29 is 0 Å². The van der Waals surface area contributed by atoms with E-state index in [1.54, 1.807) is 0 Å². The Balaban J connectivity index is 1.35. The van der Waals surface area contributed by atoms with E-state index >= 15 is 0 Å². The lowest BCUT2D eigenvalue weighted by molar-refractivity contribution is 0.825. The Bertz CT molecular complexity index is 2270. The Kier molecular flexibility index (Phi) is 5.61. The molecule has 1 aromatic heterocycles. The molecular formula is C42H28S. The fraction of sp³-hybridized carbons (Fsp3) is 0.0476. The Hall–Kier alpha value is -4.98. The molecule has 43 heavy (non-hydrogen) atoms. The van der Waals surface area contributed by atoms with Gasteiger partial charge >= 0.3 is 0 Å². The lowest BCUT2D eigenvalue weighted by Gasteiger charge is -2.29. The fourth-order valence-corrected chi connectivity index (χ4v) is 8.74. The molecule has 0 N–H and O–H groups in total. The molecule has 1 atom stereocenters. The maximum atomic E-state index is 2.37. The molecule has 0 radical (unpaired) electrons. The summed E-state index contributed by atoms with van der Waals surface area (Å²) in [4.78, 5) is 1.49. The Labute approximate surface area is 255 Å². The molecule has 0 nitrogen and oxygen atoms in total. The van der Waals surface area contributed by atoms with Crippen LogP contribution in [0, 0.1) is 0 Å². The standard InChI is InChI=1S/C42H28S/c1-2-13-27(14-3-1)28-16-12-17-30(25-28)39-32-19-6-8-21-34(32)40(35-22-9-7-20-33(35)39)37-26-29-15-4-5-18-31(29)41-36-23-10-11-24-38(36)43-42(37)41/h1-25,37H,26H2. The van der Waals surface area contributed by atoms with Gasteiger partial charge in [-0.3, -0.25) is 0 Å². The van der Waals surface area contributed by atoms with Crippen LogP contribution < -0.4 is 0 Å². The maximum absolute atomic E-state index is 2.37. The Morgan fingerprint density at radius 3 is 1.79 bits per heavy atom. The number of hydrogen-bond acceptors (Lipinski definition) is 1. The molecule has 7 aromatic carbocycles. The first-order chi connectivity index (χ1) is 21.3. The molecule has 1 aliphatic carbocycles. The summed E-state index contributed by atoms with van der Waals surface area (Å²) >= 11 is 1.98. The average molecular weight is 565 g/mol. The van der Waals surface area contributed by atoms with Crippen LogP contribution in [-0.2, 0) is 6.42 Å². The summed E-state index contributed by atoms with van der Waals surface area (Å²) in [6.45, 7) is 0. The molecule has 0 amide bonds. The minimum absolute atomic E-state index is 0.279. The zero-order chi connectivity index (χ0) is 28.3. The van der Waals surface area contributed by atoms with Gasteiger partial charge < -0.3 is 0 Å². The van der Waals surface area contributed by atoms with Gasteiger partial charge in [0.05, 0.1) is 0 Å². The lowest BCUT2D eigenvalue weighted by atomic mass is 9.75. The highest BCUT2D eigenvalue weighted by Gasteiger charge is 2.32. The quantitative estimate of drug-likeness (QED) is 0.187. The monoisotopic (exact) mass is 564 g/mol. The van der Waals surface area contributed by atoms with Gasteiger partial charge in [0, 0.05) is 26.4 Å². The third-order valence-electron chi connectivity index (χ3n) is 9.23. The molecule has 9 rings (SSSR count). The molecule has 0 saturated heterocycles. The molecule has 0 fully saturated rings. The molecule has 8 aromatic rings. The first-order valence-electron chi connectivity index (χ1n) is 15.0. The van der Waals surface area contributed by atoms with Crippen LogP contribution in [0.15, 0.2) is 152 Å². The maximum Gasteiger partial charge on any atom is 0.0352 e. The third kappa shape index (κ3) is 3.82. The van der Waals surface area contributed by atoms with E-state index in [0.717, 1.165) is 6.42 Å². The summed E-state index contributed by atoms with van der Waals surface area (Å²) < 4.78 is 1.37. The minimum atomic E-state index is 0.279. The van der Waals surface area contributed by atoms with E-state index in [9.17, 15) is 0 Å². The van der Waals surface area contributed by atoms with E-state index < -0.39 is 0 Å². The van der Waals surface area contributed by atoms with E-state index in [0.29, 0.717) is 0 Å². The zero-order valence-electron chi connectivity index (χ0n) is 23.6. The van der Waals surface area contributed by atoms with Crippen LogP contribution in [-0.4, -0.2) is 0 Å². The largest absolute Gasteiger partial charge is 0.139 e. The first kappa shape index (κ1) is 24.6. The summed E-state index contributed by atoms with van der Waals surface area (Å²) in [6, 6.07) is 56.0. The molecule has 1 heteroatoms. The van der Waals surface area contributed by atoms with Crippen molar-refractivity contribution in [3.8, 4) is 33.4 Å². The molecule has 1 heterocycles. The van der Waals surface area contributed by atoms with Crippen molar-refractivity contribution in [2.24, 2.45) is 0 Å². The zero-order valence-corrected chi connectivity index (χ0v) is 24.4. The van der Waals surface area contributed by atoms with Gasteiger partial charge in [-0.25, -0.2) is 0 Å². The molecule has 0 aliphatic heterocycles. The molecule has 1 unspecified atom stereocenters. The van der Waals surface area contributed by atoms with Crippen molar-refractivity contribution in [2.75, 3.05) is 0 Å². The van der Waals surface area contributed by atoms with Gasteiger partial charge in [0.1, 0.15) is 0 Å². The molecule has 1 aliphatic rings. The summed E-state index contributed by atoms with van der Waals surface area (Å²) in [5.74, 6) is 0.279. The molecule has 0 bridgehead atoms. The molecule has 202 valence electrons. The number of hydrogen-bond donors (Lipinski definition) is 0. The van der Waals surface area contributed by atoms with Gasteiger partial charge in [-0.05, 0) is 79.0 Å². The second-order valence-electron chi connectivity index (χ2n) is 11.6. The van der Waals surface area contributed by atoms with Crippen LogP contribution in [0.5, 0.6) is 0 Å². The van der Waals surface area contributed by atoms with Crippen molar-refractivity contribution in [3.05, 3.63) is 168 Å². The van der Waals surface area contributed by atoms with E-state index in [2.05, 4.69) is 152 Å². The van der Waals surface area contributed by atoms with Crippen LogP contribution in [0.2, 0.25) is 0 Å². The number of benzene rings is 7. The number of fused-ring (bicyclic) bond motifs is 7. The van der Waals surface area contributed by atoms with Crippen molar-refractivity contribution in [2.45, 2.75) is 12.3 Å². The molecule has 0 spiro atoms. The fourth-order valence-electron chi connectivity index (χ4n) is 7.41. The summed E-state index contributed by atoms with van der Waals surface area (Å²) in [6.07, 6.45) is 1.01. The van der Waals surface area contributed by atoms with Crippen LogP contribution >= 0.6 is 11.3 Å². The SMILES string of the molecule is c1ccc(-c2cccc(-c3c4ccccc4c(C4Cc5ccccc5-c5c4sc4ccccc54)c4ccccc34)c2)cc1. The summed E-state index contributed by atoms with van der Waals surface area (Å²) in [5, 5.41) is 6.73. The van der Waals surface area contributed by atoms with Gasteiger partial charge in [-0.2, -0.15) is 0 Å². The topological polar surface area (TPSA) is 0 Å². The molecular weight excluding hydrogens is 537 g/mol. The summed E-state index contributed by atoms with van der Waals surface area (Å²) in [5.41, 5.74) is 10.8. The van der Waals surface area contributed by atoms with Crippen LogP contribution in [0.1, 0.15) is 21.9 Å². The van der Waals surface area contributed by atoms with Crippen molar-refractivity contribution in [1.82, 2.24) is 0 Å². The van der Waals surface area contributed by atoms with Crippen LogP contribution in [0.25, 0.3) is 65.0 Å². The van der Waals surface area contributed by atoms with E-state index in [1.807, 2.05) is 11.3 Å². The molecule has 0 saturated carbocycles. The Morgan fingerprint density at radius 2 is 1.02 bits per heavy atom. The van der Waals surface area contributed by atoms with Gasteiger partial charge in [-0.1, -0.05) is 140 Å². The highest BCUT2D eigenvalue weighted by Crippen LogP contribution is 2.53. The number of thiophene rings is 1. The van der Waals surface area contributed by atoms with E-state index in [1.165, 1.54) is 81.0 Å². The van der Waals surface area contributed by atoms with Gasteiger partial charge in [0.25, 0.3) is 0 Å². The van der Waals surface area contributed by atoms with Gasteiger partial charge in [0.2, 0.25) is 0 Å². The van der Waals surface area contributed by atoms with Gasteiger partial charge in [-0.15, -0.1) is 11.3 Å². The predicted octanol–water partition coefficient (Wildman–Crippen LogP) is 11.9. The predicted molar refractivity (Wildman–Crippen MR) is 185 cm³/mol. The summed E-state index contributed by atoms with van der Waals surface area (Å²) in [7, 11) is 0. The highest BCUT2D eigenvalue weighted by molar-refractivity contribution is 7.19. The number of rotatable bonds is 3. The van der Waals surface area contributed by atoms with Gasteiger partial charge in [0.15, 0.2) is 0 Å². The third-order valence-corrected chi connectivity index (χ3v) is 10.5. The second-order valence-corrected chi connectivity index (χ2v) is 12.7. The first-order valence-corrected chi connectivity index (χ1v) is 15.9. The highest BCUT2D eigenvalue weighted by atomic mass is 32.1. The second kappa shape index (κ2) is 9.80. The lowest BCUT2D eigenvalue weighted by Crippen LogP contribution is -2.12. The smallest absolute Gasteiger partial charge is 0.0352 e. The van der Waals surface area contributed by atoms with E-state index in [4.69, 9.17) is 0 Å². The van der Waals surface area contributed by atoms with Crippen LogP contribution in [0.4, 0.5) is 0 Å². The minimum Gasteiger partial charge on any atom is -0.139 e. The average Bonchev–Trinajstić information content (AvgIpc) is 3.47. The van der Waals surface area contributed by atoms with Crippen molar-refractivity contribution in [1.29, 1.82) is 0 Å².